The van der Waals surface area contributed by atoms with Gasteiger partial charge in [0, 0.05) is 14.5 Å². The molecule has 0 saturated carbocycles. The average Bonchev–Trinajstić information content (AvgIpc) is 3.20. The maximum atomic E-state index is 13.3. The monoisotopic (exact) mass is 517 g/mol. The van der Waals surface area contributed by atoms with Gasteiger partial charge in [-0.2, -0.15) is 0 Å². The summed E-state index contributed by atoms with van der Waals surface area (Å²) >= 11 is 6.80. The number of furan rings is 1. The summed E-state index contributed by atoms with van der Waals surface area (Å²) < 4.78 is 7.04. The Balaban J connectivity index is 1.71. The van der Waals surface area contributed by atoms with E-state index in [0.717, 1.165) is 10.0 Å². The van der Waals surface area contributed by atoms with Crippen molar-refractivity contribution in [1.29, 1.82) is 0 Å². The predicted molar refractivity (Wildman–Crippen MR) is 116 cm³/mol. The number of aliphatic hydroxyl groups is 1. The summed E-state index contributed by atoms with van der Waals surface area (Å²) in [6.45, 7) is 2.02. The molecular weight excluding hydrogens is 502 g/mol. The van der Waals surface area contributed by atoms with Crippen LogP contribution in [0.2, 0.25) is 0 Å². The van der Waals surface area contributed by atoms with Crippen molar-refractivity contribution in [1.82, 2.24) is 0 Å². The molecule has 0 fully saturated rings. The van der Waals surface area contributed by atoms with Crippen LogP contribution < -0.4 is 4.90 Å². The van der Waals surface area contributed by atoms with Crippen LogP contribution in [-0.4, -0.2) is 16.8 Å². The molecule has 2 aromatic carbocycles. The zero-order valence-electron chi connectivity index (χ0n) is 15.5. The van der Waals surface area contributed by atoms with Gasteiger partial charge in [-0.3, -0.25) is 9.59 Å². The van der Waals surface area contributed by atoms with E-state index in [2.05, 4.69) is 31.9 Å². The second-order valence-electron chi connectivity index (χ2n) is 7.05. The molecule has 1 unspecified atom stereocenters. The Morgan fingerprint density at radius 1 is 1.07 bits per heavy atom. The highest BCUT2D eigenvalue weighted by Crippen LogP contribution is 2.44. The average molecular weight is 519 g/mol. The smallest absolute Gasteiger partial charge is 0.264 e. The van der Waals surface area contributed by atoms with Crippen LogP contribution in [0.5, 0.6) is 0 Å². The van der Waals surface area contributed by atoms with Crippen molar-refractivity contribution in [2.24, 2.45) is 0 Å². The van der Waals surface area contributed by atoms with Crippen molar-refractivity contribution >= 4 is 49.2 Å². The van der Waals surface area contributed by atoms with E-state index < -0.39 is 17.3 Å². The fourth-order valence-corrected chi connectivity index (χ4v) is 4.15. The number of carbonyl (C=O) groups is 2. The second-order valence-corrected chi connectivity index (χ2v) is 8.88. The number of anilines is 1. The highest BCUT2D eigenvalue weighted by molar-refractivity contribution is 9.10. The molecule has 1 amide bonds. The number of halogens is 2. The molecule has 1 N–H and O–H groups in total. The van der Waals surface area contributed by atoms with Crippen molar-refractivity contribution in [2.45, 2.75) is 25.5 Å². The van der Waals surface area contributed by atoms with Gasteiger partial charge >= 0.3 is 0 Å². The molecule has 0 bridgehead atoms. The molecule has 0 spiro atoms. The Morgan fingerprint density at radius 2 is 1.76 bits per heavy atom. The lowest BCUT2D eigenvalue weighted by Crippen LogP contribution is -2.41. The molecular formula is C22H17Br2NO4. The molecule has 1 aromatic heterocycles. The van der Waals surface area contributed by atoms with Gasteiger partial charge in [-0.05, 0) is 55.0 Å². The SMILES string of the molecule is Cc1ccc(C(=O)CC2(O)C(=O)N(Cc3ccc(Br)cc3)c3ccc(Br)cc32)o1. The number of carbonyl (C=O) groups excluding carboxylic acids is 2. The van der Waals surface area contributed by atoms with Gasteiger partial charge in [-0.15, -0.1) is 0 Å². The largest absolute Gasteiger partial charge is 0.458 e. The Bertz CT molecular complexity index is 1110. The number of amides is 1. The summed E-state index contributed by atoms with van der Waals surface area (Å²) in [5, 5.41) is 11.4. The normalized spacial score (nSPS) is 18.2. The van der Waals surface area contributed by atoms with Crippen LogP contribution in [-0.2, 0) is 16.9 Å². The topological polar surface area (TPSA) is 70.8 Å². The molecule has 0 radical (unpaired) electrons. The van der Waals surface area contributed by atoms with Crippen molar-refractivity contribution in [3.8, 4) is 0 Å². The number of nitrogens with zero attached hydrogens (tertiary/aromatic N) is 1. The molecule has 5 nitrogen and oxygen atoms in total. The van der Waals surface area contributed by atoms with E-state index in [9.17, 15) is 14.7 Å². The number of aryl methyl sites for hydroxylation is 1. The Kier molecular flexibility index (Phi) is 5.23. The van der Waals surface area contributed by atoms with E-state index >= 15 is 0 Å². The molecule has 29 heavy (non-hydrogen) atoms. The van der Waals surface area contributed by atoms with Crippen LogP contribution in [0.15, 0.2) is 68.0 Å². The number of hydrogen-bond donors (Lipinski definition) is 1. The van der Waals surface area contributed by atoms with Crippen molar-refractivity contribution in [2.75, 3.05) is 4.90 Å². The predicted octanol–water partition coefficient (Wildman–Crippen LogP) is 5.12. The van der Waals surface area contributed by atoms with E-state index in [-0.39, 0.29) is 18.7 Å². The highest BCUT2D eigenvalue weighted by atomic mass is 79.9. The molecule has 0 saturated heterocycles. The summed E-state index contributed by atoms with van der Waals surface area (Å²) in [6, 6.07) is 16.1. The summed E-state index contributed by atoms with van der Waals surface area (Å²) in [5.41, 5.74) is -0.0444. The quantitative estimate of drug-likeness (QED) is 0.476. The van der Waals surface area contributed by atoms with Crippen molar-refractivity contribution in [3.05, 3.63) is 86.2 Å². The third-order valence-corrected chi connectivity index (χ3v) is 6.00. The highest BCUT2D eigenvalue weighted by Gasteiger charge is 2.51. The molecule has 148 valence electrons. The van der Waals surface area contributed by atoms with Gasteiger partial charge in [0.05, 0.1) is 18.7 Å². The summed E-state index contributed by atoms with van der Waals surface area (Å²) in [6.07, 6.45) is -0.390. The zero-order chi connectivity index (χ0) is 20.8. The fourth-order valence-electron chi connectivity index (χ4n) is 3.53. The lowest BCUT2D eigenvalue weighted by atomic mass is 9.89. The molecule has 1 aliphatic rings. The maximum Gasteiger partial charge on any atom is 0.264 e. The lowest BCUT2D eigenvalue weighted by molar-refractivity contribution is -0.136. The molecule has 2 heterocycles. The van der Waals surface area contributed by atoms with Gasteiger partial charge in [0.25, 0.3) is 5.91 Å². The van der Waals surface area contributed by atoms with E-state index in [1.54, 1.807) is 31.2 Å². The third-order valence-electron chi connectivity index (χ3n) is 4.98. The molecule has 1 aliphatic heterocycles. The van der Waals surface area contributed by atoms with Crippen LogP contribution in [0, 0.1) is 6.92 Å². The van der Waals surface area contributed by atoms with Gasteiger partial charge in [-0.1, -0.05) is 44.0 Å². The number of hydrogen-bond acceptors (Lipinski definition) is 4. The number of ketones is 1. The van der Waals surface area contributed by atoms with Gasteiger partial charge in [0.15, 0.2) is 11.4 Å². The van der Waals surface area contributed by atoms with Crippen LogP contribution in [0.25, 0.3) is 0 Å². The minimum absolute atomic E-state index is 0.131. The van der Waals surface area contributed by atoms with Gasteiger partial charge in [0.1, 0.15) is 5.76 Å². The van der Waals surface area contributed by atoms with Crippen LogP contribution in [0.3, 0.4) is 0 Å². The first-order valence-corrected chi connectivity index (χ1v) is 10.5. The minimum Gasteiger partial charge on any atom is -0.458 e. The maximum absolute atomic E-state index is 13.3. The molecule has 0 aliphatic carbocycles. The molecule has 4 rings (SSSR count). The number of benzene rings is 2. The summed E-state index contributed by atoms with van der Waals surface area (Å²) in [7, 11) is 0. The van der Waals surface area contributed by atoms with Gasteiger partial charge in [-0.25, -0.2) is 0 Å². The Morgan fingerprint density at radius 3 is 2.41 bits per heavy atom. The van der Waals surface area contributed by atoms with Crippen molar-refractivity contribution < 1.29 is 19.1 Å². The molecule has 7 heteroatoms. The zero-order valence-corrected chi connectivity index (χ0v) is 18.7. The lowest BCUT2D eigenvalue weighted by Gasteiger charge is -2.22. The van der Waals surface area contributed by atoms with E-state index in [1.165, 1.54) is 4.90 Å². The Labute approximate surface area is 184 Å². The third kappa shape index (κ3) is 3.70. The van der Waals surface area contributed by atoms with E-state index in [0.29, 0.717) is 21.5 Å². The fraction of sp³-hybridized carbons (Fsp3) is 0.182. The first-order valence-electron chi connectivity index (χ1n) is 8.96. The van der Waals surface area contributed by atoms with Gasteiger partial charge in [0.2, 0.25) is 5.78 Å². The number of rotatable bonds is 5. The summed E-state index contributed by atoms with van der Waals surface area (Å²) in [5.74, 6) is -0.222. The standard InChI is InChI=1S/C22H17Br2NO4/c1-13-2-9-20(29-13)19(26)11-22(28)17-10-16(24)7-8-18(17)25(21(22)27)12-14-3-5-15(23)6-4-14/h2-10,28H,11-12H2,1H3. The summed E-state index contributed by atoms with van der Waals surface area (Å²) in [4.78, 5) is 27.5. The molecule has 3 aromatic rings. The molecule has 1 atom stereocenters. The number of fused-ring (bicyclic) bond motifs is 1. The first-order chi connectivity index (χ1) is 13.8. The second kappa shape index (κ2) is 7.55. The van der Waals surface area contributed by atoms with E-state index in [4.69, 9.17) is 4.42 Å². The Hall–Kier alpha value is -2.22. The van der Waals surface area contributed by atoms with Crippen LogP contribution in [0.1, 0.15) is 33.9 Å². The van der Waals surface area contributed by atoms with Crippen LogP contribution in [0.4, 0.5) is 5.69 Å². The van der Waals surface area contributed by atoms with Crippen molar-refractivity contribution in [3.63, 3.8) is 0 Å². The minimum atomic E-state index is -1.95. The van der Waals surface area contributed by atoms with Crippen LogP contribution >= 0.6 is 31.9 Å². The number of Topliss-reactive ketones (excluding diaryl/α,β-unsaturated/α-hetero) is 1. The van der Waals surface area contributed by atoms with Gasteiger partial charge < -0.3 is 14.4 Å². The van der Waals surface area contributed by atoms with E-state index in [1.807, 2.05) is 30.3 Å². The first kappa shape index (κ1) is 20.1.